The zero-order valence-corrected chi connectivity index (χ0v) is 24.8. The highest BCUT2D eigenvalue weighted by Gasteiger charge is 2.42. The van der Waals surface area contributed by atoms with E-state index in [-0.39, 0.29) is 5.41 Å². The lowest BCUT2D eigenvalue weighted by Gasteiger charge is -2.37. The van der Waals surface area contributed by atoms with E-state index in [0.717, 1.165) is 52.2 Å². The van der Waals surface area contributed by atoms with Gasteiger partial charge in [0.25, 0.3) is 0 Å². The third kappa shape index (κ3) is 5.78. The number of rotatable bonds is 9. The van der Waals surface area contributed by atoms with Gasteiger partial charge in [-0.05, 0) is 53.8 Å². The molecule has 0 aliphatic heterocycles. The molecule has 0 radical (unpaired) electrons. The maximum atomic E-state index is 12.5. The number of urea groups is 1. The van der Waals surface area contributed by atoms with Crippen LogP contribution in [0.25, 0.3) is 11.1 Å². The van der Waals surface area contributed by atoms with E-state index >= 15 is 0 Å². The molecule has 0 unspecified atom stereocenters. The fourth-order valence-corrected chi connectivity index (χ4v) is 5.57. The Labute approximate surface area is 261 Å². The van der Waals surface area contributed by atoms with Crippen LogP contribution in [-0.4, -0.2) is 21.2 Å². The molecule has 3 aromatic carbocycles. The van der Waals surface area contributed by atoms with Crippen molar-refractivity contribution >= 4 is 23.6 Å². The van der Waals surface area contributed by atoms with E-state index in [9.17, 15) is 4.79 Å². The molecule has 3 heterocycles. The number of amides is 2. The topological polar surface area (TPSA) is 105 Å². The lowest BCUT2D eigenvalue weighted by Crippen LogP contribution is -2.38. The van der Waals surface area contributed by atoms with Gasteiger partial charge in [0.1, 0.15) is 17.2 Å². The summed E-state index contributed by atoms with van der Waals surface area (Å²) in [7, 11) is 0. The Bertz CT molecular complexity index is 1790. The summed E-state index contributed by atoms with van der Waals surface area (Å²) in [5.74, 6) is 1.45. The molecule has 45 heavy (non-hydrogen) atoms. The van der Waals surface area contributed by atoms with Gasteiger partial charge in [-0.25, -0.2) is 14.8 Å². The first-order valence-corrected chi connectivity index (χ1v) is 14.9. The fourth-order valence-electron chi connectivity index (χ4n) is 5.57. The molecule has 3 aromatic heterocycles. The summed E-state index contributed by atoms with van der Waals surface area (Å²) in [5, 5.41) is 13.3. The van der Waals surface area contributed by atoms with E-state index in [1.807, 2.05) is 42.6 Å². The molecule has 222 valence electrons. The van der Waals surface area contributed by atoms with E-state index in [4.69, 9.17) is 9.51 Å². The number of hydrogen-bond acceptors (Lipinski definition) is 6. The van der Waals surface area contributed by atoms with Gasteiger partial charge in [0.15, 0.2) is 0 Å². The van der Waals surface area contributed by atoms with E-state index in [0.29, 0.717) is 11.7 Å². The van der Waals surface area contributed by atoms with Gasteiger partial charge in [-0.15, -0.1) is 0 Å². The number of nitrogens with zero attached hydrogens (tertiary/aromatic N) is 3. The van der Waals surface area contributed by atoms with Gasteiger partial charge < -0.3 is 9.84 Å². The largest absolute Gasteiger partial charge is 0.353 e. The smallest absolute Gasteiger partial charge is 0.327 e. The van der Waals surface area contributed by atoms with Gasteiger partial charge >= 0.3 is 6.03 Å². The Morgan fingerprint density at radius 1 is 0.689 bits per heavy atom. The van der Waals surface area contributed by atoms with E-state index < -0.39 is 11.6 Å². The Kier molecular flexibility index (Phi) is 7.31. The van der Waals surface area contributed by atoms with Crippen LogP contribution in [0.3, 0.4) is 0 Å². The van der Waals surface area contributed by atoms with Crippen molar-refractivity contribution in [2.45, 2.75) is 30.7 Å². The number of nitrogens with one attached hydrogen (secondary N) is 3. The van der Waals surface area contributed by atoms with Crippen molar-refractivity contribution in [3.8, 4) is 11.1 Å². The molecule has 0 bridgehead atoms. The maximum absolute atomic E-state index is 12.5. The SMILES string of the molecule is CC1(c2cc(NC(=O)Nc3ccc(-c4ccc(NC(c5ccccc5)(c5ccccc5)c5ccccc5)nc4)cn3)on2)CC1. The molecule has 6 aromatic rings. The molecule has 1 fully saturated rings. The first-order chi connectivity index (χ1) is 22.0. The number of hydrogen-bond donors (Lipinski definition) is 3. The minimum absolute atomic E-state index is 0.0647. The van der Waals surface area contributed by atoms with Crippen molar-refractivity contribution < 1.29 is 9.32 Å². The first-order valence-electron chi connectivity index (χ1n) is 14.9. The summed E-state index contributed by atoms with van der Waals surface area (Å²) in [6.45, 7) is 2.13. The van der Waals surface area contributed by atoms with Gasteiger partial charge in [-0.1, -0.05) is 103 Å². The van der Waals surface area contributed by atoms with E-state index in [1.54, 1.807) is 18.3 Å². The predicted octanol–water partition coefficient (Wildman–Crippen LogP) is 8.23. The highest BCUT2D eigenvalue weighted by Crippen LogP contribution is 2.47. The van der Waals surface area contributed by atoms with Gasteiger partial charge in [-0.3, -0.25) is 10.6 Å². The molecule has 8 nitrogen and oxygen atoms in total. The van der Waals surface area contributed by atoms with Crippen molar-refractivity contribution in [1.29, 1.82) is 0 Å². The standard InChI is InChI=1S/C37H32N6O2/c1-36(21-22-36)31-23-34(45-43-31)41-35(44)40-32-19-17-26(24-38-32)27-18-20-33(39-25-27)42-37(28-11-5-2-6-12-28,29-13-7-3-8-14-29)30-15-9-4-10-16-30/h2-20,23-25H,21-22H2,1H3,(H,39,42)(H2,38,40,41,44). The number of aromatic nitrogens is 3. The van der Waals surface area contributed by atoms with Crippen molar-refractivity contribution in [3.05, 3.63) is 156 Å². The minimum atomic E-state index is -0.670. The van der Waals surface area contributed by atoms with Gasteiger partial charge in [0.05, 0.1) is 5.69 Å². The zero-order chi connectivity index (χ0) is 30.7. The van der Waals surface area contributed by atoms with Gasteiger partial charge in [0.2, 0.25) is 5.88 Å². The molecule has 1 saturated carbocycles. The van der Waals surface area contributed by atoms with E-state index in [2.05, 4.69) is 106 Å². The van der Waals surface area contributed by atoms with Crippen LogP contribution in [0.2, 0.25) is 0 Å². The zero-order valence-electron chi connectivity index (χ0n) is 24.8. The van der Waals surface area contributed by atoms with Crippen LogP contribution in [0.5, 0.6) is 0 Å². The third-order valence-corrected chi connectivity index (χ3v) is 8.40. The summed E-state index contributed by atoms with van der Waals surface area (Å²) < 4.78 is 5.28. The number of pyridine rings is 2. The Morgan fingerprint density at radius 2 is 1.20 bits per heavy atom. The molecule has 0 saturated heterocycles. The van der Waals surface area contributed by atoms with Crippen LogP contribution in [0.4, 0.5) is 22.3 Å². The minimum Gasteiger partial charge on any atom is -0.353 e. The second kappa shape index (κ2) is 11.7. The highest BCUT2D eigenvalue weighted by molar-refractivity contribution is 5.98. The molecule has 3 N–H and O–H groups in total. The monoisotopic (exact) mass is 592 g/mol. The second-order valence-electron chi connectivity index (χ2n) is 11.6. The molecular weight excluding hydrogens is 560 g/mol. The third-order valence-electron chi connectivity index (χ3n) is 8.40. The number of carbonyl (C=O) groups is 1. The average Bonchev–Trinajstić information content (AvgIpc) is 3.67. The van der Waals surface area contributed by atoms with Crippen molar-refractivity contribution in [1.82, 2.24) is 15.1 Å². The lowest BCUT2D eigenvalue weighted by atomic mass is 9.77. The van der Waals surface area contributed by atoms with Crippen LogP contribution in [0.1, 0.15) is 42.1 Å². The normalized spacial score (nSPS) is 13.5. The van der Waals surface area contributed by atoms with Crippen LogP contribution in [0.15, 0.2) is 138 Å². The molecule has 0 spiro atoms. The summed E-state index contributed by atoms with van der Waals surface area (Å²) in [6.07, 6.45) is 5.69. The molecule has 1 aliphatic rings. The Morgan fingerprint density at radius 3 is 1.67 bits per heavy atom. The second-order valence-corrected chi connectivity index (χ2v) is 11.6. The fraction of sp³-hybridized carbons (Fsp3) is 0.135. The van der Waals surface area contributed by atoms with Crippen molar-refractivity contribution in [2.75, 3.05) is 16.0 Å². The summed E-state index contributed by atoms with van der Waals surface area (Å²) in [6, 6.07) is 40.2. The maximum Gasteiger partial charge on any atom is 0.327 e. The highest BCUT2D eigenvalue weighted by atomic mass is 16.5. The summed E-state index contributed by atoms with van der Waals surface area (Å²) >= 11 is 0. The van der Waals surface area contributed by atoms with Gasteiger partial charge in [0, 0.05) is 35.0 Å². The van der Waals surface area contributed by atoms with Crippen molar-refractivity contribution in [3.63, 3.8) is 0 Å². The Hall–Kier alpha value is -5.76. The molecule has 2 amide bonds. The summed E-state index contributed by atoms with van der Waals surface area (Å²) in [4.78, 5) is 21.8. The number of carbonyl (C=O) groups excluding carboxylic acids is 1. The van der Waals surface area contributed by atoms with E-state index in [1.165, 1.54) is 0 Å². The van der Waals surface area contributed by atoms with Crippen LogP contribution in [0, 0.1) is 0 Å². The molecule has 7 rings (SSSR count). The van der Waals surface area contributed by atoms with Crippen LogP contribution in [-0.2, 0) is 11.0 Å². The van der Waals surface area contributed by atoms with Gasteiger partial charge in [-0.2, -0.15) is 0 Å². The number of benzene rings is 3. The molecule has 8 heteroatoms. The van der Waals surface area contributed by atoms with Crippen molar-refractivity contribution in [2.24, 2.45) is 0 Å². The predicted molar refractivity (Wildman–Crippen MR) is 176 cm³/mol. The molecule has 0 atom stereocenters. The summed E-state index contributed by atoms with van der Waals surface area (Å²) in [5.41, 5.74) is 5.34. The molecular formula is C37H32N6O2. The van der Waals surface area contributed by atoms with Crippen LogP contribution < -0.4 is 16.0 Å². The first kappa shape index (κ1) is 28.0. The lowest BCUT2D eigenvalue weighted by molar-refractivity contribution is 0.261. The number of anilines is 3. The quantitative estimate of drug-likeness (QED) is 0.146. The average molecular weight is 593 g/mol. The Balaban J connectivity index is 1.09. The van der Waals surface area contributed by atoms with Crippen LogP contribution >= 0.6 is 0 Å². The molecule has 1 aliphatic carbocycles.